The summed E-state index contributed by atoms with van der Waals surface area (Å²) in [5, 5.41) is 8.77. The Hall–Kier alpha value is -1.31. The lowest BCUT2D eigenvalue weighted by molar-refractivity contribution is 0.0774. The molecule has 1 aromatic rings. The quantitative estimate of drug-likeness (QED) is 0.785. The molecular formula is C19H30FN5OS. The molecule has 2 atom stereocenters. The fraction of sp³-hybridized carbons (Fsp3) is 0.842. The molecule has 1 amide bonds. The average molecular weight is 396 g/mol. The van der Waals surface area contributed by atoms with Gasteiger partial charge >= 0.3 is 0 Å². The molecule has 2 unspecified atom stereocenters. The Balaban J connectivity index is 1.62. The van der Waals surface area contributed by atoms with E-state index in [1.54, 1.807) is 0 Å². The van der Waals surface area contributed by atoms with E-state index in [1.807, 2.05) is 21.2 Å². The van der Waals surface area contributed by atoms with Crippen LogP contribution >= 0.6 is 11.8 Å². The number of anilines is 1. The van der Waals surface area contributed by atoms with Crippen molar-refractivity contribution in [3.05, 3.63) is 5.82 Å². The number of likely N-dealkylation sites (tertiary alicyclic amines) is 1. The van der Waals surface area contributed by atoms with Crippen LogP contribution < -0.4 is 4.90 Å². The van der Waals surface area contributed by atoms with Gasteiger partial charge in [-0.3, -0.25) is 9.36 Å². The number of alkyl halides is 1. The van der Waals surface area contributed by atoms with Crippen molar-refractivity contribution < 1.29 is 9.18 Å². The van der Waals surface area contributed by atoms with E-state index in [1.165, 1.54) is 0 Å². The minimum absolute atomic E-state index is 0.0216. The van der Waals surface area contributed by atoms with Crippen LogP contribution in [0.1, 0.15) is 56.6 Å². The minimum Gasteiger partial charge on any atom is -0.339 e. The highest BCUT2D eigenvalue weighted by Gasteiger charge is 2.34. The molecule has 3 aliphatic rings. The largest absolute Gasteiger partial charge is 0.339 e. The van der Waals surface area contributed by atoms with E-state index in [2.05, 4.69) is 28.9 Å². The number of aromatic nitrogens is 3. The van der Waals surface area contributed by atoms with Gasteiger partial charge in [0.2, 0.25) is 11.8 Å². The smallest absolute Gasteiger partial charge is 0.291 e. The van der Waals surface area contributed by atoms with E-state index < -0.39 is 6.17 Å². The van der Waals surface area contributed by atoms with Gasteiger partial charge in [0, 0.05) is 43.2 Å². The molecule has 2 aliphatic heterocycles. The maximum absolute atomic E-state index is 13.7. The molecule has 3 fully saturated rings. The molecule has 0 aromatic carbocycles. The number of halogens is 1. The van der Waals surface area contributed by atoms with Gasteiger partial charge in [0.15, 0.2) is 0 Å². The molecule has 2 saturated heterocycles. The van der Waals surface area contributed by atoms with Crippen molar-refractivity contribution in [2.24, 2.45) is 5.92 Å². The van der Waals surface area contributed by atoms with Crippen molar-refractivity contribution in [1.82, 2.24) is 19.7 Å². The lowest BCUT2D eigenvalue weighted by Gasteiger charge is -2.38. The summed E-state index contributed by atoms with van der Waals surface area (Å²) in [7, 11) is 0. The Morgan fingerprint density at radius 3 is 2.67 bits per heavy atom. The number of carbonyl (C=O) groups excluding carboxylic acids is 1. The van der Waals surface area contributed by atoms with E-state index in [-0.39, 0.29) is 16.6 Å². The zero-order chi connectivity index (χ0) is 19.0. The standard InChI is InChI=1S/C19H30FN5OS/c1-19(2)13-24(9-10-27-19)18-22-21-16(17(26)23-7-3-4-8-23)25(18)12-14-5-6-15(20)11-14/h14-15H,3-13H2,1-2H3. The Kier molecular flexibility index (Phi) is 5.36. The Bertz CT molecular complexity index is 688. The van der Waals surface area contributed by atoms with Crippen LogP contribution in [0.4, 0.5) is 10.3 Å². The molecule has 8 heteroatoms. The predicted octanol–water partition coefficient (Wildman–Crippen LogP) is 2.98. The van der Waals surface area contributed by atoms with E-state index in [4.69, 9.17) is 0 Å². The maximum atomic E-state index is 13.7. The Labute approximate surface area is 164 Å². The van der Waals surface area contributed by atoms with Gasteiger partial charge < -0.3 is 9.80 Å². The molecule has 150 valence electrons. The second-order valence-electron chi connectivity index (χ2n) is 8.74. The molecule has 0 N–H and O–H groups in total. The minimum atomic E-state index is -0.710. The van der Waals surface area contributed by atoms with Crippen LogP contribution in [0, 0.1) is 5.92 Å². The van der Waals surface area contributed by atoms with Gasteiger partial charge in [0.05, 0.1) is 0 Å². The van der Waals surface area contributed by atoms with Crippen LogP contribution in [0.3, 0.4) is 0 Å². The van der Waals surface area contributed by atoms with Crippen LogP contribution in [0.25, 0.3) is 0 Å². The third-order valence-electron chi connectivity index (χ3n) is 5.94. The molecule has 0 radical (unpaired) electrons. The predicted molar refractivity (Wildman–Crippen MR) is 106 cm³/mol. The topological polar surface area (TPSA) is 54.3 Å². The monoisotopic (exact) mass is 395 g/mol. The van der Waals surface area contributed by atoms with Gasteiger partial charge in [-0.05, 0) is 51.9 Å². The summed E-state index contributed by atoms with van der Waals surface area (Å²) >= 11 is 1.97. The van der Waals surface area contributed by atoms with Crippen LogP contribution in [0.2, 0.25) is 0 Å². The molecule has 1 saturated carbocycles. The SMILES string of the molecule is CC1(C)CN(c2nnc(C(=O)N3CCCC3)n2CC2CCC(F)C2)CCS1. The first-order chi connectivity index (χ1) is 12.9. The van der Waals surface area contributed by atoms with Gasteiger partial charge in [0.1, 0.15) is 6.17 Å². The first kappa shape index (κ1) is 19.0. The summed E-state index contributed by atoms with van der Waals surface area (Å²) in [6.45, 7) is 8.50. The van der Waals surface area contributed by atoms with Crippen LogP contribution in [0.15, 0.2) is 0 Å². The third-order valence-corrected chi connectivity index (χ3v) is 7.24. The number of amides is 1. The second kappa shape index (κ2) is 7.60. The molecule has 4 rings (SSSR count). The van der Waals surface area contributed by atoms with Crippen LogP contribution in [-0.2, 0) is 6.54 Å². The number of thioether (sulfide) groups is 1. The molecule has 27 heavy (non-hydrogen) atoms. The van der Waals surface area contributed by atoms with Crippen molar-refractivity contribution in [3.8, 4) is 0 Å². The number of hydrogen-bond donors (Lipinski definition) is 0. The maximum Gasteiger partial charge on any atom is 0.291 e. The third kappa shape index (κ3) is 4.10. The summed E-state index contributed by atoms with van der Waals surface area (Å²) in [4.78, 5) is 17.2. The zero-order valence-electron chi connectivity index (χ0n) is 16.4. The van der Waals surface area contributed by atoms with Gasteiger partial charge in [-0.25, -0.2) is 4.39 Å². The van der Waals surface area contributed by atoms with Gasteiger partial charge in [-0.15, -0.1) is 10.2 Å². The van der Waals surface area contributed by atoms with Gasteiger partial charge in [-0.1, -0.05) is 0 Å². The summed E-state index contributed by atoms with van der Waals surface area (Å²) in [5.41, 5.74) is 0. The van der Waals surface area contributed by atoms with Crippen LogP contribution in [-0.4, -0.2) is 68.4 Å². The number of nitrogens with zero attached hydrogens (tertiary/aromatic N) is 5. The van der Waals surface area contributed by atoms with Gasteiger partial charge in [-0.2, -0.15) is 11.8 Å². The highest BCUT2D eigenvalue weighted by atomic mass is 32.2. The number of rotatable bonds is 4. The second-order valence-corrected chi connectivity index (χ2v) is 10.5. The fourth-order valence-electron chi connectivity index (χ4n) is 4.54. The summed E-state index contributed by atoms with van der Waals surface area (Å²) in [6.07, 6.45) is 3.48. The lowest BCUT2D eigenvalue weighted by Crippen LogP contribution is -2.44. The zero-order valence-corrected chi connectivity index (χ0v) is 17.2. The number of carbonyl (C=O) groups is 1. The number of hydrogen-bond acceptors (Lipinski definition) is 5. The van der Waals surface area contributed by atoms with Gasteiger partial charge in [0.25, 0.3) is 5.91 Å². The van der Waals surface area contributed by atoms with E-state index in [0.29, 0.717) is 25.2 Å². The molecule has 1 aliphatic carbocycles. The fourth-order valence-corrected chi connectivity index (χ4v) is 5.65. The van der Waals surface area contributed by atoms with Crippen molar-refractivity contribution in [2.75, 3.05) is 36.8 Å². The normalized spacial score (nSPS) is 28.1. The molecule has 3 heterocycles. The molecule has 0 bridgehead atoms. The summed E-state index contributed by atoms with van der Waals surface area (Å²) in [5.74, 6) is 2.49. The van der Waals surface area contributed by atoms with E-state index in [9.17, 15) is 9.18 Å². The highest BCUT2D eigenvalue weighted by molar-refractivity contribution is 8.00. The highest BCUT2D eigenvalue weighted by Crippen LogP contribution is 2.34. The van der Waals surface area contributed by atoms with E-state index in [0.717, 1.165) is 57.1 Å². The average Bonchev–Trinajstić information content (AvgIpc) is 3.35. The molecule has 6 nitrogen and oxygen atoms in total. The van der Waals surface area contributed by atoms with Crippen molar-refractivity contribution in [3.63, 3.8) is 0 Å². The van der Waals surface area contributed by atoms with Crippen molar-refractivity contribution >= 4 is 23.6 Å². The lowest BCUT2D eigenvalue weighted by atomic mass is 10.1. The van der Waals surface area contributed by atoms with Crippen molar-refractivity contribution in [2.45, 2.75) is 63.4 Å². The molecule has 0 spiro atoms. The van der Waals surface area contributed by atoms with E-state index >= 15 is 0 Å². The van der Waals surface area contributed by atoms with Crippen LogP contribution in [0.5, 0.6) is 0 Å². The Morgan fingerprint density at radius 2 is 2.00 bits per heavy atom. The van der Waals surface area contributed by atoms with Crippen molar-refractivity contribution in [1.29, 1.82) is 0 Å². The molecular weight excluding hydrogens is 365 g/mol. The summed E-state index contributed by atoms with van der Waals surface area (Å²) in [6, 6.07) is 0. The summed E-state index contributed by atoms with van der Waals surface area (Å²) < 4.78 is 15.9. The Morgan fingerprint density at radius 1 is 1.22 bits per heavy atom. The first-order valence-corrected chi connectivity index (χ1v) is 11.2. The first-order valence-electron chi connectivity index (χ1n) is 10.2. The molecule has 1 aromatic heterocycles.